The predicted molar refractivity (Wildman–Crippen MR) is 89.5 cm³/mol. The molecule has 8 nitrogen and oxygen atoms in total. The summed E-state index contributed by atoms with van der Waals surface area (Å²) in [4.78, 5) is 54.8. The summed E-state index contributed by atoms with van der Waals surface area (Å²) in [6.45, 7) is 0.780. The SMILES string of the molecule is O=C(ON1C(=O)c2ccccc2C1=O)c1cc(N2CCNC2=O)ccc1F. The zero-order valence-electron chi connectivity index (χ0n) is 13.8. The van der Waals surface area contributed by atoms with Crippen LogP contribution in [0.1, 0.15) is 31.1 Å². The molecular formula is C18H12FN3O5. The topological polar surface area (TPSA) is 96.0 Å². The highest BCUT2D eigenvalue weighted by molar-refractivity contribution is 6.21. The average molecular weight is 369 g/mol. The molecule has 4 amide bonds. The molecule has 0 atom stereocenters. The fraction of sp³-hybridized carbons (Fsp3) is 0.111. The molecule has 2 aromatic carbocycles. The van der Waals surface area contributed by atoms with Gasteiger partial charge in [-0.1, -0.05) is 17.2 Å². The van der Waals surface area contributed by atoms with Crippen LogP contribution in [0.2, 0.25) is 0 Å². The summed E-state index contributed by atoms with van der Waals surface area (Å²) in [5.41, 5.74) is -0.0130. The van der Waals surface area contributed by atoms with Gasteiger partial charge in [0.25, 0.3) is 11.8 Å². The summed E-state index contributed by atoms with van der Waals surface area (Å²) in [5.74, 6) is -3.73. The highest BCUT2D eigenvalue weighted by Crippen LogP contribution is 2.25. The van der Waals surface area contributed by atoms with Crippen molar-refractivity contribution >= 4 is 29.5 Å². The number of carbonyl (C=O) groups is 4. The Morgan fingerprint density at radius 2 is 1.70 bits per heavy atom. The van der Waals surface area contributed by atoms with E-state index in [2.05, 4.69) is 5.32 Å². The number of fused-ring (bicyclic) bond motifs is 1. The minimum Gasteiger partial charge on any atom is -0.336 e. The number of hydrogen-bond donors (Lipinski definition) is 1. The first-order chi connectivity index (χ1) is 13.0. The van der Waals surface area contributed by atoms with Gasteiger partial charge in [-0.3, -0.25) is 14.5 Å². The Hall–Kier alpha value is -3.75. The number of amides is 4. The molecule has 0 spiro atoms. The summed E-state index contributed by atoms with van der Waals surface area (Å²) < 4.78 is 14.1. The van der Waals surface area contributed by atoms with Crippen LogP contribution in [0, 0.1) is 5.82 Å². The summed E-state index contributed by atoms with van der Waals surface area (Å²) >= 11 is 0. The number of nitrogens with one attached hydrogen (secondary N) is 1. The second-order valence-electron chi connectivity index (χ2n) is 5.88. The average Bonchev–Trinajstić information content (AvgIpc) is 3.20. The number of imide groups is 1. The molecule has 4 rings (SSSR count). The van der Waals surface area contributed by atoms with Crippen molar-refractivity contribution in [3.8, 4) is 0 Å². The van der Waals surface area contributed by atoms with Gasteiger partial charge in [-0.05, 0) is 30.3 Å². The lowest BCUT2D eigenvalue weighted by Gasteiger charge is -2.16. The van der Waals surface area contributed by atoms with Gasteiger partial charge in [-0.25, -0.2) is 14.0 Å². The van der Waals surface area contributed by atoms with Gasteiger partial charge in [0.2, 0.25) is 0 Å². The van der Waals surface area contributed by atoms with Gasteiger partial charge in [0.1, 0.15) is 5.82 Å². The molecule has 0 radical (unpaired) electrons. The molecule has 0 aliphatic carbocycles. The number of anilines is 1. The van der Waals surface area contributed by atoms with Crippen LogP contribution in [0.5, 0.6) is 0 Å². The molecule has 2 aromatic rings. The largest absolute Gasteiger partial charge is 0.366 e. The van der Waals surface area contributed by atoms with Crippen LogP contribution in [0.4, 0.5) is 14.9 Å². The first-order valence-corrected chi connectivity index (χ1v) is 8.02. The minimum atomic E-state index is -1.22. The van der Waals surface area contributed by atoms with Crippen LogP contribution < -0.4 is 10.2 Å². The third-order valence-corrected chi connectivity index (χ3v) is 4.27. The molecule has 2 aliphatic rings. The first kappa shape index (κ1) is 16.7. The number of urea groups is 1. The summed E-state index contributed by atoms with van der Waals surface area (Å²) in [6.07, 6.45) is 0. The van der Waals surface area contributed by atoms with Gasteiger partial charge >= 0.3 is 12.0 Å². The molecule has 27 heavy (non-hydrogen) atoms. The highest BCUT2D eigenvalue weighted by Gasteiger charge is 2.39. The second-order valence-corrected chi connectivity index (χ2v) is 5.88. The van der Waals surface area contributed by atoms with Crippen molar-refractivity contribution in [3.63, 3.8) is 0 Å². The molecule has 2 aliphatic heterocycles. The van der Waals surface area contributed by atoms with Crippen LogP contribution in [0.25, 0.3) is 0 Å². The second kappa shape index (κ2) is 6.20. The van der Waals surface area contributed by atoms with Crippen molar-refractivity contribution in [2.24, 2.45) is 0 Å². The number of nitrogens with zero attached hydrogens (tertiary/aromatic N) is 2. The van der Waals surface area contributed by atoms with Crippen LogP contribution in [0.3, 0.4) is 0 Å². The van der Waals surface area contributed by atoms with Crippen LogP contribution >= 0.6 is 0 Å². The van der Waals surface area contributed by atoms with E-state index in [1.54, 1.807) is 12.1 Å². The first-order valence-electron chi connectivity index (χ1n) is 8.02. The van der Waals surface area contributed by atoms with Crippen molar-refractivity contribution < 1.29 is 28.4 Å². The number of hydroxylamine groups is 2. The minimum absolute atomic E-state index is 0.0956. The van der Waals surface area contributed by atoms with Crippen LogP contribution in [0.15, 0.2) is 42.5 Å². The van der Waals surface area contributed by atoms with E-state index in [-0.39, 0.29) is 17.2 Å². The maximum absolute atomic E-state index is 14.1. The number of halogens is 1. The zero-order chi connectivity index (χ0) is 19.1. The monoisotopic (exact) mass is 369 g/mol. The van der Waals surface area contributed by atoms with Gasteiger partial charge < -0.3 is 10.2 Å². The lowest BCUT2D eigenvalue weighted by Crippen LogP contribution is -2.33. The third kappa shape index (κ3) is 2.69. The normalized spacial score (nSPS) is 15.8. The summed E-state index contributed by atoms with van der Waals surface area (Å²) in [5, 5.41) is 2.90. The number of benzene rings is 2. The van der Waals surface area contributed by atoms with E-state index in [0.29, 0.717) is 23.8 Å². The number of rotatable bonds is 3. The highest BCUT2D eigenvalue weighted by atomic mass is 19.1. The third-order valence-electron chi connectivity index (χ3n) is 4.27. The maximum Gasteiger partial charge on any atom is 0.366 e. The van der Waals surface area contributed by atoms with Gasteiger partial charge in [0.15, 0.2) is 0 Å². The quantitative estimate of drug-likeness (QED) is 0.831. The van der Waals surface area contributed by atoms with E-state index in [0.717, 1.165) is 12.1 Å². The Labute approximate surface area is 152 Å². The lowest BCUT2D eigenvalue weighted by molar-refractivity contribution is -0.0587. The van der Waals surface area contributed by atoms with Gasteiger partial charge in [0.05, 0.1) is 16.7 Å². The van der Waals surface area contributed by atoms with E-state index in [1.807, 2.05) is 0 Å². The lowest BCUT2D eigenvalue weighted by atomic mass is 10.1. The molecular weight excluding hydrogens is 357 g/mol. The molecule has 1 N–H and O–H groups in total. The van der Waals surface area contributed by atoms with Gasteiger partial charge in [0, 0.05) is 18.8 Å². The number of hydrogen-bond acceptors (Lipinski definition) is 5. The van der Waals surface area contributed by atoms with Gasteiger partial charge in [-0.2, -0.15) is 0 Å². The molecule has 1 saturated heterocycles. The Bertz CT molecular complexity index is 971. The molecule has 0 aromatic heterocycles. The van der Waals surface area contributed by atoms with Crippen molar-refractivity contribution in [1.29, 1.82) is 0 Å². The van der Waals surface area contributed by atoms with E-state index in [9.17, 15) is 23.6 Å². The Balaban J connectivity index is 1.60. The summed E-state index contributed by atoms with van der Waals surface area (Å²) in [6, 6.07) is 9.12. The van der Waals surface area contributed by atoms with E-state index >= 15 is 0 Å². The van der Waals surface area contributed by atoms with Crippen molar-refractivity contribution in [2.45, 2.75) is 0 Å². The zero-order valence-corrected chi connectivity index (χ0v) is 13.8. The molecule has 9 heteroatoms. The van der Waals surface area contributed by atoms with Crippen molar-refractivity contribution in [1.82, 2.24) is 10.4 Å². The molecule has 0 bridgehead atoms. The van der Waals surface area contributed by atoms with E-state index < -0.39 is 29.2 Å². The fourth-order valence-corrected chi connectivity index (χ4v) is 2.94. The van der Waals surface area contributed by atoms with Crippen LogP contribution in [-0.4, -0.2) is 42.0 Å². The molecule has 0 saturated carbocycles. The summed E-state index contributed by atoms with van der Waals surface area (Å²) in [7, 11) is 0. The Kier molecular flexibility index (Phi) is 3.84. The predicted octanol–water partition coefficient (Wildman–Crippen LogP) is 1.72. The standard InChI is InChI=1S/C18H12FN3O5/c19-14-6-5-10(21-8-7-20-18(21)26)9-13(14)17(25)27-22-15(23)11-3-1-2-4-12(11)16(22)24/h1-6,9H,7-8H2,(H,20,26). The maximum atomic E-state index is 14.1. The molecule has 0 unspecified atom stereocenters. The molecule has 2 heterocycles. The van der Waals surface area contributed by atoms with E-state index in [4.69, 9.17) is 4.84 Å². The van der Waals surface area contributed by atoms with Gasteiger partial charge in [-0.15, -0.1) is 0 Å². The fourth-order valence-electron chi connectivity index (χ4n) is 2.94. The number of carbonyl (C=O) groups excluding carboxylic acids is 4. The van der Waals surface area contributed by atoms with Crippen molar-refractivity contribution in [3.05, 3.63) is 65.0 Å². The molecule has 136 valence electrons. The Morgan fingerprint density at radius 3 is 2.30 bits per heavy atom. The van der Waals surface area contributed by atoms with E-state index in [1.165, 1.54) is 23.1 Å². The molecule has 1 fully saturated rings. The van der Waals surface area contributed by atoms with Crippen molar-refractivity contribution in [2.75, 3.05) is 18.0 Å². The van der Waals surface area contributed by atoms with Crippen LogP contribution in [-0.2, 0) is 4.84 Å². The Morgan fingerprint density at radius 1 is 1.04 bits per heavy atom. The smallest absolute Gasteiger partial charge is 0.336 e.